The number of para-hydroxylation sites is 1. The Morgan fingerprint density at radius 2 is 2.00 bits per heavy atom. The lowest BCUT2D eigenvalue weighted by molar-refractivity contribution is 0.0896. The average molecular weight is 374 g/mol. The normalized spacial score (nSPS) is 16.4. The maximum atomic E-state index is 13.0. The Labute approximate surface area is 158 Å². The molecule has 1 fully saturated rings. The van der Waals surface area contributed by atoms with E-state index in [0.29, 0.717) is 24.7 Å². The highest BCUT2D eigenvalue weighted by Crippen LogP contribution is 2.20. The molecule has 0 amide bonds. The molecule has 0 saturated carbocycles. The molecule has 1 aliphatic rings. The van der Waals surface area contributed by atoms with Gasteiger partial charge in [0.1, 0.15) is 11.6 Å². The zero-order valence-corrected chi connectivity index (χ0v) is 15.3. The van der Waals surface area contributed by atoms with E-state index >= 15 is 0 Å². The summed E-state index contributed by atoms with van der Waals surface area (Å²) in [4.78, 5) is 2.02. The van der Waals surface area contributed by atoms with Crippen molar-refractivity contribution in [3.63, 3.8) is 0 Å². The maximum absolute atomic E-state index is 13.0. The quantitative estimate of drug-likeness (QED) is 0.757. The Hall–Kier alpha value is -2.18. The molecule has 2 aromatic rings. The van der Waals surface area contributed by atoms with E-state index in [-0.39, 0.29) is 17.7 Å². The zero-order valence-electron chi connectivity index (χ0n) is 14.5. The fraction of sp³-hybridized carbons (Fsp3) is 0.350. The van der Waals surface area contributed by atoms with Gasteiger partial charge >= 0.3 is 0 Å². The second-order valence-electron chi connectivity index (χ2n) is 6.43. The van der Waals surface area contributed by atoms with Crippen molar-refractivity contribution in [2.75, 3.05) is 13.2 Å². The summed E-state index contributed by atoms with van der Waals surface area (Å²) in [6.07, 6.45) is 2.22. The molecule has 3 rings (SSSR count). The molecule has 0 radical (unpaired) electrons. The molecule has 2 aromatic carbocycles. The third kappa shape index (κ3) is 5.16. The Morgan fingerprint density at radius 3 is 2.69 bits per heavy atom. The smallest absolute Gasteiger partial charge is 0.169 e. The molecule has 0 bridgehead atoms. The Bertz CT molecular complexity index is 733. The van der Waals surface area contributed by atoms with Gasteiger partial charge in [-0.2, -0.15) is 0 Å². The first kappa shape index (κ1) is 18.6. The van der Waals surface area contributed by atoms with Crippen LogP contribution in [0.1, 0.15) is 24.0 Å². The van der Waals surface area contributed by atoms with Crippen molar-refractivity contribution in [1.29, 1.82) is 0 Å². The fourth-order valence-electron chi connectivity index (χ4n) is 3.00. The summed E-state index contributed by atoms with van der Waals surface area (Å²) < 4.78 is 18.8. The van der Waals surface area contributed by atoms with E-state index in [1.54, 1.807) is 24.3 Å². The van der Waals surface area contributed by atoms with E-state index in [4.69, 9.17) is 17.0 Å². The predicted octanol–water partition coefficient (Wildman–Crippen LogP) is 3.59. The molecule has 1 atom stereocenters. The van der Waals surface area contributed by atoms with Gasteiger partial charge in [-0.15, -0.1) is 0 Å². The van der Waals surface area contributed by atoms with Gasteiger partial charge in [-0.25, -0.2) is 4.39 Å². The number of benzene rings is 2. The molecule has 0 aliphatic carbocycles. The number of halogens is 1. The molecular weight excluding hydrogens is 351 g/mol. The van der Waals surface area contributed by atoms with Gasteiger partial charge in [0.15, 0.2) is 5.11 Å². The van der Waals surface area contributed by atoms with Crippen LogP contribution in [0.5, 0.6) is 5.75 Å². The van der Waals surface area contributed by atoms with E-state index in [0.717, 1.165) is 30.6 Å². The lowest BCUT2D eigenvalue weighted by atomic mass is 10.1. The van der Waals surface area contributed by atoms with Gasteiger partial charge in [-0.1, -0.05) is 30.3 Å². The molecule has 1 saturated heterocycles. The number of aromatic hydroxyl groups is 1. The van der Waals surface area contributed by atoms with Crippen LogP contribution in [-0.4, -0.2) is 34.4 Å². The van der Waals surface area contributed by atoms with Gasteiger partial charge in [-0.05, 0) is 48.8 Å². The van der Waals surface area contributed by atoms with Crippen LogP contribution in [0.2, 0.25) is 0 Å². The molecule has 4 nitrogen and oxygen atoms in total. The first-order valence-corrected chi connectivity index (χ1v) is 9.18. The molecule has 1 heterocycles. The van der Waals surface area contributed by atoms with Crippen LogP contribution in [-0.2, 0) is 17.8 Å². The second kappa shape index (κ2) is 8.96. The van der Waals surface area contributed by atoms with E-state index in [9.17, 15) is 9.50 Å². The molecule has 0 spiro atoms. The summed E-state index contributed by atoms with van der Waals surface area (Å²) in [5, 5.41) is 13.9. The molecule has 6 heteroatoms. The number of ether oxygens (including phenoxy) is 1. The predicted molar refractivity (Wildman–Crippen MR) is 103 cm³/mol. The third-order valence-corrected chi connectivity index (χ3v) is 4.85. The van der Waals surface area contributed by atoms with Gasteiger partial charge in [0, 0.05) is 31.8 Å². The van der Waals surface area contributed by atoms with Crippen LogP contribution in [0.4, 0.5) is 4.39 Å². The maximum Gasteiger partial charge on any atom is 0.169 e. The average Bonchev–Trinajstić information content (AvgIpc) is 3.15. The highest BCUT2D eigenvalue weighted by Gasteiger charge is 2.21. The first-order valence-electron chi connectivity index (χ1n) is 8.77. The monoisotopic (exact) mass is 374 g/mol. The zero-order chi connectivity index (χ0) is 18.4. The van der Waals surface area contributed by atoms with Crippen LogP contribution in [0.25, 0.3) is 0 Å². The standard InChI is InChI=1S/C20H23FN2O2S/c21-17-9-7-15(8-10-17)12-22-20(26)23(14-18-5-3-11-25-18)13-16-4-1-2-6-19(16)24/h1-2,4,6-10,18,24H,3,5,11-14H2,(H,22,26)/t18-/m1/s1. The first-order chi connectivity index (χ1) is 12.6. The van der Waals surface area contributed by atoms with Crippen LogP contribution >= 0.6 is 12.2 Å². The summed E-state index contributed by atoms with van der Waals surface area (Å²) in [5.41, 5.74) is 1.77. The minimum atomic E-state index is -0.254. The highest BCUT2D eigenvalue weighted by molar-refractivity contribution is 7.80. The van der Waals surface area contributed by atoms with E-state index in [2.05, 4.69) is 5.32 Å². The lowest BCUT2D eigenvalue weighted by Gasteiger charge is -2.28. The van der Waals surface area contributed by atoms with Crippen molar-refractivity contribution in [3.05, 3.63) is 65.5 Å². The Kier molecular flexibility index (Phi) is 6.41. The summed E-state index contributed by atoms with van der Waals surface area (Å²) in [6, 6.07) is 13.6. The number of thiocarbonyl (C=S) groups is 1. The van der Waals surface area contributed by atoms with Crippen molar-refractivity contribution in [1.82, 2.24) is 10.2 Å². The molecule has 1 aliphatic heterocycles. The third-order valence-electron chi connectivity index (χ3n) is 4.45. The van der Waals surface area contributed by atoms with Gasteiger partial charge in [-0.3, -0.25) is 0 Å². The number of phenols is 1. The van der Waals surface area contributed by atoms with Crippen molar-refractivity contribution in [3.8, 4) is 5.75 Å². The molecule has 138 valence electrons. The Balaban J connectivity index is 1.65. The minimum absolute atomic E-state index is 0.145. The van der Waals surface area contributed by atoms with Gasteiger partial charge in [0.2, 0.25) is 0 Å². The van der Waals surface area contributed by atoms with Crippen molar-refractivity contribution in [2.45, 2.75) is 32.0 Å². The van der Waals surface area contributed by atoms with E-state index in [1.165, 1.54) is 12.1 Å². The summed E-state index contributed by atoms with van der Waals surface area (Å²) in [7, 11) is 0. The summed E-state index contributed by atoms with van der Waals surface area (Å²) >= 11 is 5.58. The van der Waals surface area contributed by atoms with Crippen molar-refractivity contribution < 1.29 is 14.2 Å². The largest absolute Gasteiger partial charge is 0.508 e. The second-order valence-corrected chi connectivity index (χ2v) is 6.82. The van der Waals surface area contributed by atoms with Crippen molar-refractivity contribution in [2.24, 2.45) is 0 Å². The number of nitrogens with one attached hydrogen (secondary N) is 1. The fourth-order valence-corrected chi connectivity index (χ4v) is 3.21. The van der Waals surface area contributed by atoms with Crippen LogP contribution < -0.4 is 5.32 Å². The molecular formula is C20H23FN2O2S. The Morgan fingerprint density at radius 1 is 1.23 bits per heavy atom. The number of nitrogens with zero attached hydrogens (tertiary/aromatic N) is 1. The SMILES string of the molecule is Oc1ccccc1CN(C[C@H]1CCCO1)C(=S)NCc1ccc(F)cc1. The van der Waals surface area contributed by atoms with Crippen LogP contribution in [0.15, 0.2) is 48.5 Å². The lowest BCUT2D eigenvalue weighted by Crippen LogP contribution is -2.42. The summed E-state index contributed by atoms with van der Waals surface area (Å²) in [5.74, 6) is 0.00191. The molecule has 26 heavy (non-hydrogen) atoms. The van der Waals surface area contributed by atoms with E-state index < -0.39 is 0 Å². The topological polar surface area (TPSA) is 44.7 Å². The minimum Gasteiger partial charge on any atom is -0.508 e. The van der Waals surface area contributed by atoms with Crippen molar-refractivity contribution >= 4 is 17.3 Å². The van der Waals surface area contributed by atoms with Crippen LogP contribution in [0.3, 0.4) is 0 Å². The number of rotatable bonds is 6. The van der Waals surface area contributed by atoms with Gasteiger partial charge in [0.05, 0.1) is 6.10 Å². The number of hydrogen-bond acceptors (Lipinski definition) is 3. The highest BCUT2D eigenvalue weighted by atomic mass is 32.1. The van der Waals surface area contributed by atoms with Crippen LogP contribution in [0, 0.1) is 5.82 Å². The molecule has 0 aromatic heterocycles. The van der Waals surface area contributed by atoms with Gasteiger partial charge in [0.25, 0.3) is 0 Å². The molecule has 0 unspecified atom stereocenters. The number of phenolic OH excluding ortho intramolecular Hbond substituents is 1. The number of hydrogen-bond donors (Lipinski definition) is 2. The molecule has 2 N–H and O–H groups in total. The van der Waals surface area contributed by atoms with E-state index in [1.807, 2.05) is 17.0 Å². The van der Waals surface area contributed by atoms with Gasteiger partial charge < -0.3 is 20.1 Å². The summed E-state index contributed by atoms with van der Waals surface area (Å²) in [6.45, 7) is 2.47.